The van der Waals surface area contributed by atoms with Crippen molar-refractivity contribution in [1.29, 1.82) is 0 Å². The van der Waals surface area contributed by atoms with Gasteiger partial charge < -0.3 is 5.32 Å². The van der Waals surface area contributed by atoms with Gasteiger partial charge in [-0.1, -0.05) is 28.4 Å². The van der Waals surface area contributed by atoms with Crippen molar-refractivity contribution in [3.8, 4) is 0 Å². The van der Waals surface area contributed by atoms with Crippen LogP contribution in [0.4, 0.5) is 0 Å². The van der Waals surface area contributed by atoms with E-state index < -0.39 is 0 Å². The van der Waals surface area contributed by atoms with Gasteiger partial charge >= 0.3 is 0 Å². The third-order valence-electron chi connectivity index (χ3n) is 3.92. The highest BCUT2D eigenvalue weighted by Crippen LogP contribution is 2.27. The minimum atomic E-state index is -0.0473. The van der Waals surface area contributed by atoms with Gasteiger partial charge in [0.05, 0.1) is 11.1 Å². The average molecular weight is 334 g/mol. The topological polar surface area (TPSA) is 54.9 Å². The van der Waals surface area contributed by atoms with Crippen LogP contribution in [0.25, 0.3) is 11.0 Å². The van der Waals surface area contributed by atoms with Crippen LogP contribution in [0.2, 0.25) is 0 Å². The number of carbonyl (C=O) groups excluding carboxylic acids is 1. The summed E-state index contributed by atoms with van der Waals surface area (Å²) in [6.45, 7) is 0. The lowest BCUT2D eigenvalue weighted by Crippen LogP contribution is -2.38. The van der Waals surface area contributed by atoms with Crippen LogP contribution in [0.5, 0.6) is 0 Å². The first-order valence-corrected chi connectivity index (χ1v) is 7.98. The highest BCUT2D eigenvalue weighted by Gasteiger charge is 2.28. The third-order valence-corrected chi connectivity index (χ3v) is 4.75. The Kier molecular flexibility index (Phi) is 3.96. The van der Waals surface area contributed by atoms with Gasteiger partial charge in [-0.05, 0) is 30.9 Å². The second kappa shape index (κ2) is 5.87. The molecular weight excluding hydrogens is 318 g/mol. The number of benzene rings is 1. The van der Waals surface area contributed by atoms with Crippen molar-refractivity contribution in [3.05, 3.63) is 36.2 Å². The maximum absolute atomic E-state index is 12.5. The Morgan fingerprint density at radius 2 is 2.15 bits per heavy atom. The molecule has 4 nitrogen and oxygen atoms in total. The fraction of sp³-hybridized carbons (Fsp3) is 0.400. The van der Waals surface area contributed by atoms with Crippen LogP contribution >= 0.6 is 15.9 Å². The molecule has 3 rings (SSSR count). The van der Waals surface area contributed by atoms with Crippen LogP contribution in [0.1, 0.15) is 29.6 Å². The fourth-order valence-corrected chi connectivity index (χ4v) is 3.61. The quantitative estimate of drug-likeness (QED) is 0.878. The number of aromatic nitrogens is 2. The summed E-state index contributed by atoms with van der Waals surface area (Å²) in [5.74, 6) is 0.481. The maximum atomic E-state index is 12.5. The second-order valence-electron chi connectivity index (χ2n) is 5.15. The molecule has 2 aromatic rings. The number of para-hydroxylation sites is 1. The fourth-order valence-electron chi connectivity index (χ4n) is 2.83. The summed E-state index contributed by atoms with van der Waals surface area (Å²) in [7, 11) is 0. The number of fused-ring (bicyclic) bond motifs is 1. The average Bonchev–Trinajstić information content (AvgIpc) is 2.93. The molecule has 0 saturated heterocycles. The summed E-state index contributed by atoms with van der Waals surface area (Å²) in [4.78, 5) is 21.0. The SMILES string of the molecule is O=C(NC1CCCC1CBr)c1cccc2nccnc12. The van der Waals surface area contributed by atoms with Crippen LogP contribution in [0, 0.1) is 5.92 Å². The first kappa shape index (κ1) is 13.5. The molecule has 1 N–H and O–H groups in total. The molecule has 1 heterocycles. The van der Waals surface area contributed by atoms with Gasteiger partial charge in [0.15, 0.2) is 0 Å². The molecule has 0 spiro atoms. The monoisotopic (exact) mass is 333 g/mol. The highest BCUT2D eigenvalue weighted by atomic mass is 79.9. The van der Waals surface area contributed by atoms with Crippen LogP contribution in [0.15, 0.2) is 30.6 Å². The van der Waals surface area contributed by atoms with Gasteiger partial charge in [0.2, 0.25) is 0 Å². The molecule has 20 heavy (non-hydrogen) atoms. The minimum Gasteiger partial charge on any atom is -0.349 e. The lowest BCUT2D eigenvalue weighted by atomic mass is 10.1. The van der Waals surface area contributed by atoms with Crippen LogP contribution < -0.4 is 5.32 Å². The number of alkyl halides is 1. The van der Waals surface area contributed by atoms with Crippen LogP contribution in [0.3, 0.4) is 0 Å². The number of halogens is 1. The van der Waals surface area contributed by atoms with Crippen molar-refractivity contribution in [1.82, 2.24) is 15.3 Å². The molecule has 5 heteroatoms. The zero-order chi connectivity index (χ0) is 13.9. The van der Waals surface area contributed by atoms with Crippen LogP contribution in [-0.4, -0.2) is 27.2 Å². The van der Waals surface area contributed by atoms with Gasteiger partial charge in [-0.25, -0.2) is 0 Å². The van der Waals surface area contributed by atoms with E-state index in [0.29, 0.717) is 17.0 Å². The third kappa shape index (κ3) is 2.54. The van der Waals surface area contributed by atoms with E-state index in [1.54, 1.807) is 12.4 Å². The largest absolute Gasteiger partial charge is 0.349 e. The number of amides is 1. The zero-order valence-corrected chi connectivity index (χ0v) is 12.6. The summed E-state index contributed by atoms with van der Waals surface area (Å²) in [6, 6.07) is 5.79. The molecule has 1 fully saturated rings. The molecule has 0 radical (unpaired) electrons. The lowest BCUT2D eigenvalue weighted by molar-refractivity contribution is 0.0932. The molecule has 0 aliphatic heterocycles. The van der Waals surface area contributed by atoms with Crippen molar-refractivity contribution >= 4 is 32.9 Å². The second-order valence-corrected chi connectivity index (χ2v) is 5.80. The lowest BCUT2D eigenvalue weighted by Gasteiger charge is -2.19. The molecule has 2 atom stereocenters. The summed E-state index contributed by atoms with van der Waals surface area (Å²) < 4.78 is 0. The molecule has 1 aromatic carbocycles. The van der Waals surface area contributed by atoms with Gasteiger partial charge in [-0.15, -0.1) is 0 Å². The zero-order valence-electron chi connectivity index (χ0n) is 11.1. The Morgan fingerprint density at radius 1 is 1.30 bits per heavy atom. The van der Waals surface area contributed by atoms with Gasteiger partial charge in [0.25, 0.3) is 5.91 Å². The highest BCUT2D eigenvalue weighted by molar-refractivity contribution is 9.09. The van der Waals surface area contributed by atoms with Gasteiger partial charge in [-0.3, -0.25) is 14.8 Å². The van der Waals surface area contributed by atoms with E-state index in [4.69, 9.17) is 0 Å². The van der Waals surface area contributed by atoms with Gasteiger partial charge in [0, 0.05) is 23.8 Å². The molecule has 2 unspecified atom stereocenters. The Labute approximate surface area is 126 Å². The molecule has 1 aliphatic carbocycles. The molecule has 1 aromatic heterocycles. The van der Waals surface area contributed by atoms with Crippen molar-refractivity contribution in [2.24, 2.45) is 5.92 Å². The van der Waals surface area contributed by atoms with E-state index in [1.165, 1.54) is 12.8 Å². The number of nitrogens with zero attached hydrogens (tertiary/aromatic N) is 2. The number of carbonyl (C=O) groups is 1. The number of hydrogen-bond acceptors (Lipinski definition) is 3. The molecule has 104 valence electrons. The first-order chi connectivity index (χ1) is 9.79. The first-order valence-electron chi connectivity index (χ1n) is 6.86. The number of nitrogens with one attached hydrogen (secondary N) is 1. The van der Waals surface area contributed by atoms with E-state index in [1.807, 2.05) is 18.2 Å². The smallest absolute Gasteiger partial charge is 0.253 e. The predicted octanol–water partition coefficient (Wildman–Crippen LogP) is 2.92. The van der Waals surface area contributed by atoms with E-state index in [9.17, 15) is 4.79 Å². The van der Waals surface area contributed by atoms with Crippen molar-refractivity contribution in [2.45, 2.75) is 25.3 Å². The standard InChI is InChI=1S/C15H16BrN3O/c16-9-10-3-1-5-12(10)19-15(20)11-4-2-6-13-14(11)18-8-7-17-13/h2,4,6-8,10,12H,1,3,5,9H2,(H,19,20). The number of rotatable bonds is 3. The minimum absolute atomic E-state index is 0.0473. The van der Waals surface area contributed by atoms with Crippen molar-refractivity contribution < 1.29 is 4.79 Å². The molecule has 1 saturated carbocycles. The Hall–Kier alpha value is -1.49. The van der Waals surface area contributed by atoms with E-state index in [-0.39, 0.29) is 11.9 Å². The Bertz CT molecular complexity index is 626. The van der Waals surface area contributed by atoms with E-state index >= 15 is 0 Å². The molecular formula is C15H16BrN3O. The van der Waals surface area contributed by atoms with E-state index in [2.05, 4.69) is 31.2 Å². The van der Waals surface area contributed by atoms with Gasteiger partial charge in [-0.2, -0.15) is 0 Å². The van der Waals surface area contributed by atoms with Crippen LogP contribution in [-0.2, 0) is 0 Å². The predicted molar refractivity (Wildman–Crippen MR) is 81.9 cm³/mol. The molecule has 0 bridgehead atoms. The van der Waals surface area contributed by atoms with Crippen molar-refractivity contribution in [3.63, 3.8) is 0 Å². The normalized spacial score (nSPS) is 22.1. The summed E-state index contributed by atoms with van der Waals surface area (Å²) >= 11 is 3.53. The van der Waals surface area contributed by atoms with E-state index in [0.717, 1.165) is 17.3 Å². The van der Waals surface area contributed by atoms with Crippen molar-refractivity contribution in [2.75, 3.05) is 5.33 Å². The summed E-state index contributed by atoms with van der Waals surface area (Å²) in [5.41, 5.74) is 2.03. The van der Waals surface area contributed by atoms with Gasteiger partial charge in [0.1, 0.15) is 5.52 Å². The Morgan fingerprint density at radius 3 is 3.00 bits per heavy atom. The summed E-state index contributed by atoms with van der Waals surface area (Å²) in [6.07, 6.45) is 6.67. The Balaban J connectivity index is 1.86. The maximum Gasteiger partial charge on any atom is 0.253 e. The molecule has 1 aliphatic rings. The molecule has 1 amide bonds. The summed E-state index contributed by atoms with van der Waals surface area (Å²) in [5, 5.41) is 4.09. The number of hydrogen-bond donors (Lipinski definition) is 1.